The summed E-state index contributed by atoms with van der Waals surface area (Å²) < 4.78 is 12.0. The Morgan fingerprint density at radius 3 is 2.53 bits per heavy atom. The van der Waals surface area contributed by atoms with Gasteiger partial charge < -0.3 is 25.2 Å². The molecule has 1 aliphatic carbocycles. The van der Waals surface area contributed by atoms with Crippen LogP contribution in [0.25, 0.3) is 0 Å². The van der Waals surface area contributed by atoms with Gasteiger partial charge in [-0.25, -0.2) is 4.79 Å². The van der Waals surface area contributed by atoms with Crippen molar-refractivity contribution in [3.05, 3.63) is 35.9 Å². The third-order valence-electron chi connectivity index (χ3n) is 7.81. The van der Waals surface area contributed by atoms with E-state index in [9.17, 15) is 9.90 Å². The third-order valence-corrected chi connectivity index (χ3v) is 7.81. The van der Waals surface area contributed by atoms with Gasteiger partial charge in [0, 0.05) is 6.04 Å². The predicted octanol–water partition coefficient (Wildman–Crippen LogP) is 2.43. The second kappa shape index (κ2) is 10.1. The summed E-state index contributed by atoms with van der Waals surface area (Å²) in [6.07, 6.45) is 7.52. The number of nitrogens with one attached hydrogen (secondary N) is 2. The molecule has 4 aliphatic rings. The van der Waals surface area contributed by atoms with Gasteiger partial charge in [0.25, 0.3) is 0 Å². The number of benzene rings is 1. The van der Waals surface area contributed by atoms with Crippen molar-refractivity contribution in [2.24, 2.45) is 5.92 Å². The van der Waals surface area contributed by atoms with Crippen molar-refractivity contribution < 1.29 is 19.4 Å². The van der Waals surface area contributed by atoms with Gasteiger partial charge in [0.2, 0.25) is 0 Å². The number of hydrogen-bond donors (Lipinski definition) is 3. The molecule has 3 N–H and O–H groups in total. The minimum Gasteiger partial charge on any atom is -0.389 e. The number of aliphatic hydroxyl groups is 1. The molecule has 5 rings (SSSR count). The van der Waals surface area contributed by atoms with Gasteiger partial charge in [0.05, 0.1) is 24.8 Å². The van der Waals surface area contributed by atoms with Crippen LogP contribution in [0, 0.1) is 5.92 Å². The van der Waals surface area contributed by atoms with Crippen LogP contribution >= 0.6 is 0 Å². The van der Waals surface area contributed by atoms with Gasteiger partial charge in [0.1, 0.15) is 6.10 Å². The van der Waals surface area contributed by atoms with Gasteiger partial charge in [-0.3, -0.25) is 4.90 Å². The second-order valence-electron chi connectivity index (χ2n) is 10.0. The van der Waals surface area contributed by atoms with Crippen molar-refractivity contribution in [3.63, 3.8) is 0 Å². The van der Waals surface area contributed by atoms with E-state index in [1.807, 2.05) is 0 Å². The average molecular weight is 444 g/mol. The van der Waals surface area contributed by atoms with Crippen LogP contribution in [0.5, 0.6) is 0 Å². The van der Waals surface area contributed by atoms with E-state index in [1.54, 1.807) is 0 Å². The molecule has 1 aromatic carbocycles. The predicted molar refractivity (Wildman–Crippen MR) is 121 cm³/mol. The topological polar surface area (TPSA) is 83.1 Å². The molecule has 7 heteroatoms. The van der Waals surface area contributed by atoms with Crippen molar-refractivity contribution in [2.75, 3.05) is 19.7 Å². The maximum Gasteiger partial charge on any atom is 0.315 e. The lowest BCUT2D eigenvalue weighted by molar-refractivity contribution is -0.184. The second-order valence-corrected chi connectivity index (χ2v) is 10.0. The number of amides is 2. The molecule has 2 amide bonds. The SMILES string of the molecule is O=C(NC1CCCCC1)NC1C2COC(O2)C(N2CCC(Cc3ccccc3)CC2)C1O. The van der Waals surface area contributed by atoms with E-state index in [4.69, 9.17) is 9.47 Å². The van der Waals surface area contributed by atoms with Gasteiger partial charge in [-0.2, -0.15) is 0 Å². The van der Waals surface area contributed by atoms with E-state index in [0.717, 1.165) is 45.2 Å². The molecular weight excluding hydrogens is 406 g/mol. The molecule has 4 fully saturated rings. The fraction of sp³-hybridized carbons (Fsp3) is 0.720. The minimum atomic E-state index is -0.705. The molecule has 32 heavy (non-hydrogen) atoms. The lowest BCUT2D eigenvalue weighted by Gasteiger charge is -2.46. The molecular formula is C25H37N3O4. The number of ether oxygens (including phenoxy) is 2. The molecule has 2 bridgehead atoms. The highest BCUT2D eigenvalue weighted by Gasteiger charge is 2.53. The number of fused-ring (bicyclic) bond motifs is 2. The fourth-order valence-corrected chi connectivity index (χ4v) is 6.00. The molecule has 7 nitrogen and oxygen atoms in total. The first-order chi connectivity index (χ1) is 15.7. The first-order valence-corrected chi connectivity index (χ1v) is 12.5. The van der Waals surface area contributed by atoms with Crippen LogP contribution in [0.15, 0.2) is 30.3 Å². The van der Waals surface area contributed by atoms with Gasteiger partial charge in [-0.1, -0.05) is 49.6 Å². The summed E-state index contributed by atoms with van der Waals surface area (Å²) in [6.45, 7) is 2.24. The standard InChI is InChI=1S/C25H37N3O4/c29-23-21(27-25(30)26-19-9-5-2-6-10-19)20-16-31-24(32-20)22(23)28-13-11-18(12-14-28)15-17-7-3-1-4-8-17/h1,3-4,7-8,18-24,29H,2,5-6,9-16H2,(H2,26,27,30). The zero-order valence-corrected chi connectivity index (χ0v) is 18.8. The molecule has 3 heterocycles. The summed E-state index contributed by atoms with van der Waals surface area (Å²) in [5, 5.41) is 17.4. The molecule has 1 saturated carbocycles. The van der Waals surface area contributed by atoms with Crippen LogP contribution in [-0.2, 0) is 15.9 Å². The van der Waals surface area contributed by atoms with Crippen molar-refractivity contribution in [1.29, 1.82) is 0 Å². The number of rotatable bonds is 5. The maximum atomic E-state index is 12.7. The third kappa shape index (κ3) is 4.96. The lowest BCUT2D eigenvalue weighted by Crippen LogP contribution is -2.66. The zero-order valence-electron chi connectivity index (χ0n) is 18.8. The first-order valence-electron chi connectivity index (χ1n) is 12.5. The van der Waals surface area contributed by atoms with E-state index < -0.39 is 18.4 Å². The number of nitrogens with zero attached hydrogens (tertiary/aromatic N) is 1. The maximum absolute atomic E-state index is 12.7. The van der Waals surface area contributed by atoms with Gasteiger partial charge in [-0.05, 0) is 56.7 Å². The number of piperidine rings is 1. The highest BCUT2D eigenvalue weighted by atomic mass is 16.7. The van der Waals surface area contributed by atoms with Crippen molar-refractivity contribution in [3.8, 4) is 0 Å². The number of aliphatic hydroxyl groups excluding tert-OH is 1. The molecule has 5 unspecified atom stereocenters. The number of hydrogen-bond acceptors (Lipinski definition) is 5. The Bertz CT molecular complexity index is 749. The Kier molecular flexibility index (Phi) is 6.97. The molecule has 0 aromatic heterocycles. The van der Waals surface area contributed by atoms with E-state index in [2.05, 4.69) is 45.9 Å². The molecule has 3 aliphatic heterocycles. The van der Waals surface area contributed by atoms with E-state index in [-0.39, 0.29) is 24.2 Å². The van der Waals surface area contributed by atoms with Gasteiger partial charge >= 0.3 is 6.03 Å². The molecule has 0 radical (unpaired) electrons. The molecule has 176 valence electrons. The first kappa shape index (κ1) is 22.1. The van der Waals surface area contributed by atoms with Crippen LogP contribution in [-0.4, -0.2) is 72.4 Å². The normalized spacial score (nSPS) is 34.3. The fourth-order valence-electron chi connectivity index (χ4n) is 6.00. The smallest absolute Gasteiger partial charge is 0.315 e. The molecule has 0 spiro atoms. The Morgan fingerprint density at radius 2 is 1.78 bits per heavy atom. The van der Waals surface area contributed by atoms with Crippen molar-refractivity contribution in [2.45, 2.75) is 88.0 Å². The zero-order chi connectivity index (χ0) is 21.9. The minimum absolute atomic E-state index is 0.199. The van der Waals surface area contributed by atoms with Crippen LogP contribution in [0.3, 0.4) is 0 Å². The summed E-state index contributed by atoms with van der Waals surface area (Å²) in [5.41, 5.74) is 1.39. The number of likely N-dealkylation sites (tertiary alicyclic amines) is 1. The van der Waals surface area contributed by atoms with E-state index >= 15 is 0 Å². The van der Waals surface area contributed by atoms with Crippen LogP contribution in [0.4, 0.5) is 4.79 Å². The highest BCUT2D eigenvalue weighted by molar-refractivity contribution is 5.74. The quantitative estimate of drug-likeness (QED) is 0.651. The number of urea groups is 1. The molecule has 5 atom stereocenters. The molecule has 3 saturated heterocycles. The number of carbonyl (C=O) groups excluding carboxylic acids is 1. The van der Waals surface area contributed by atoms with E-state index in [1.165, 1.54) is 24.8 Å². The summed E-state index contributed by atoms with van der Waals surface area (Å²) in [7, 11) is 0. The summed E-state index contributed by atoms with van der Waals surface area (Å²) in [5.74, 6) is 0.655. The van der Waals surface area contributed by atoms with E-state index in [0.29, 0.717) is 12.5 Å². The Labute approximate surface area is 190 Å². The Morgan fingerprint density at radius 1 is 1.03 bits per heavy atom. The van der Waals surface area contributed by atoms with Gasteiger partial charge in [0.15, 0.2) is 6.29 Å². The Balaban J connectivity index is 1.17. The summed E-state index contributed by atoms with van der Waals surface area (Å²) in [6, 6.07) is 10.0. The highest BCUT2D eigenvalue weighted by Crippen LogP contribution is 2.34. The van der Waals surface area contributed by atoms with Crippen molar-refractivity contribution in [1.82, 2.24) is 15.5 Å². The molecule has 1 aromatic rings. The van der Waals surface area contributed by atoms with Gasteiger partial charge in [-0.15, -0.1) is 0 Å². The van der Waals surface area contributed by atoms with Crippen LogP contribution in [0.2, 0.25) is 0 Å². The average Bonchev–Trinajstić information content (AvgIpc) is 3.24. The van der Waals surface area contributed by atoms with Crippen LogP contribution < -0.4 is 10.6 Å². The monoisotopic (exact) mass is 443 g/mol. The largest absolute Gasteiger partial charge is 0.389 e. The van der Waals surface area contributed by atoms with Crippen molar-refractivity contribution >= 4 is 6.03 Å². The van der Waals surface area contributed by atoms with Crippen LogP contribution in [0.1, 0.15) is 50.5 Å². The lowest BCUT2D eigenvalue weighted by atomic mass is 9.87. The number of carbonyl (C=O) groups is 1. The summed E-state index contributed by atoms with van der Waals surface area (Å²) >= 11 is 0. The Hall–Kier alpha value is -1.67. The summed E-state index contributed by atoms with van der Waals surface area (Å²) in [4.78, 5) is 15.0.